The summed E-state index contributed by atoms with van der Waals surface area (Å²) in [5.41, 5.74) is 3.21. The van der Waals surface area contributed by atoms with E-state index in [0.717, 1.165) is 29.8 Å². The molecule has 0 atom stereocenters. The molecule has 0 bridgehead atoms. The van der Waals surface area contributed by atoms with Gasteiger partial charge in [-0.3, -0.25) is 4.72 Å². The molecule has 130 valence electrons. The maximum atomic E-state index is 12.2. The topological polar surface area (TPSA) is 84.0 Å². The van der Waals surface area contributed by atoms with E-state index >= 15 is 0 Å². The number of benzene rings is 1. The summed E-state index contributed by atoms with van der Waals surface area (Å²) >= 11 is 0. The first-order valence-corrected chi connectivity index (χ1v) is 9.78. The van der Waals surface area contributed by atoms with Crippen LogP contribution in [0, 0.1) is 6.92 Å². The van der Waals surface area contributed by atoms with Gasteiger partial charge in [0.1, 0.15) is 12.1 Å². The van der Waals surface area contributed by atoms with Gasteiger partial charge in [-0.1, -0.05) is 26.3 Å². The molecule has 0 aliphatic rings. The Kier molecular flexibility index (Phi) is 6.14. The van der Waals surface area contributed by atoms with E-state index in [-0.39, 0.29) is 5.75 Å². The Morgan fingerprint density at radius 1 is 1.12 bits per heavy atom. The van der Waals surface area contributed by atoms with Gasteiger partial charge in [0, 0.05) is 17.4 Å². The summed E-state index contributed by atoms with van der Waals surface area (Å²) in [6.45, 7) is 5.86. The molecule has 6 nitrogen and oxygen atoms in total. The highest BCUT2D eigenvalue weighted by Gasteiger charge is 2.13. The van der Waals surface area contributed by atoms with E-state index in [1.807, 2.05) is 39.0 Å². The molecule has 2 aromatic rings. The molecule has 0 unspecified atom stereocenters. The van der Waals surface area contributed by atoms with Crippen molar-refractivity contribution >= 4 is 27.2 Å². The summed E-state index contributed by atoms with van der Waals surface area (Å²) in [5, 5.41) is 3.18. The number of sulfonamides is 1. The van der Waals surface area contributed by atoms with E-state index in [1.54, 1.807) is 6.07 Å². The molecule has 2 rings (SSSR count). The molecular formula is C17H24N4O2S. The first-order valence-electron chi connectivity index (χ1n) is 8.12. The second-order valence-electron chi connectivity index (χ2n) is 5.67. The molecule has 24 heavy (non-hydrogen) atoms. The summed E-state index contributed by atoms with van der Waals surface area (Å²) in [6.07, 6.45) is 3.73. The summed E-state index contributed by atoms with van der Waals surface area (Å²) in [5.74, 6) is 0.807. The number of nitrogens with zero attached hydrogens (tertiary/aromatic N) is 2. The number of unbranched alkanes of at least 4 members (excludes halogenated alkanes) is 1. The Balaban J connectivity index is 2.24. The predicted molar refractivity (Wildman–Crippen MR) is 98.2 cm³/mol. The predicted octanol–water partition coefficient (Wildman–Crippen LogP) is 3.63. The van der Waals surface area contributed by atoms with E-state index in [0.29, 0.717) is 17.9 Å². The first-order chi connectivity index (χ1) is 11.4. The Bertz CT molecular complexity index is 791. The zero-order valence-electron chi connectivity index (χ0n) is 14.3. The molecule has 0 radical (unpaired) electrons. The van der Waals surface area contributed by atoms with Gasteiger partial charge in [0.05, 0.1) is 11.4 Å². The van der Waals surface area contributed by atoms with E-state index in [9.17, 15) is 8.42 Å². The highest BCUT2D eigenvalue weighted by molar-refractivity contribution is 7.92. The smallest absolute Gasteiger partial charge is 0.232 e. The maximum absolute atomic E-state index is 12.2. The van der Waals surface area contributed by atoms with Crippen molar-refractivity contribution in [3.63, 3.8) is 0 Å². The number of anilines is 3. The lowest BCUT2D eigenvalue weighted by atomic mass is 10.1. The molecule has 0 aliphatic carbocycles. The van der Waals surface area contributed by atoms with Gasteiger partial charge in [0.2, 0.25) is 10.0 Å². The van der Waals surface area contributed by atoms with Gasteiger partial charge in [0.25, 0.3) is 0 Å². The van der Waals surface area contributed by atoms with Crippen LogP contribution in [0.3, 0.4) is 0 Å². The van der Waals surface area contributed by atoms with Gasteiger partial charge in [-0.2, -0.15) is 0 Å². The minimum atomic E-state index is -3.33. The molecule has 0 amide bonds. The van der Waals surface area contributed by atoms with Gasteiger partial charge in [-0.15, -0.1) is 0 Å². The fourth-order valence-electron chi connectivity index (χ4n) is 2.28. The lowest BCUT2D eigenvalue weighted by Gasteiger charge is -2.14. The van der Waals surface area contributed by atoms with Crippen LogP contribution in [0.15, 0.2) is 30.6 Å². The summed E-state index contributed by atoms with van der Waals surface area (Å²) in [4.78, 5) is 8.22. The lowest BCUT2D eigenvalue weighted by molar-refractivity contribution is 0.598. The van der Waals surface area contributed by atoms with Crippen LogP contribution in [0.2, 0.25) is 0 Å². The van der Waals surface area contributed by atoms with E-state index in [1.165, 1.54) is 6.33 Å². The Hall–Kier alpha value is -2.15. The van der Waals surface area contributed by atoms with Gasteiger partial charge < -0.3 is 5.32 Å². The quantitative estimate of drug-likeness (QED) is 0.761. The van der Waals surface area contributed by atoms with E-state index in [4.69, 9.17) is 0 Å². The van der Waals surface area contributed by atoms with Gasteiger partial charge in [-0.25, -0.2) is 18.4 Å². The van der Waals surface area contributed by atoms with Crippen LogP contribution < -0.4 is 10.0 Å². The molecule has 0 saturated heterocycles. The van der Waals surface area contributed by atoms with Crippen molar-refractivity contribution in [1.29, 1.82) is 0 Å². The number of aryl methyl sites for hydroxylation is 2. The van der Waals surface area contributed by atoms with Crippen LogP contribution in [-0.4, -0.2) is 24.1 Å². The normalized spacial score (nSPS) is 11.3. The van der Waals surface area contributed by atoms with Crippen molar-refractivity contribution in [2.45, 2.75) is 40.0 Å². The molecule has 1 aromatic heterocycles. The van der Waals surface area contributed by atoms with Crippen molar-refractivity contribution in [3.05, 3.63) is 41.9 Å². The summed E-state index contributed by atoms with van der Waals surface area (Å²) in [6, 6.07) is 7.48. The largest absolute Gasteiger partial charge is 0.340 e. The Morgan fingerprint density at radius 3 is 2.58 bits per heavy atom. The molecule has 2 N–H and O–H groups in total. The number of hydrogen-bond donors (Lipinski definition) is 2. The Morgan fingerprint density at radius 2 is 1.92 bits per heavy atom. The first kappa shape index (κ1) is 18.2. The van der Waals surface area contributed by atoms with Crippen molar-refractivity contribution in [3.8, 4) is 0 Å². The highest BCUT2D eigenvalue weighted by Crippen LogP contribution is 2.25. The van der Waals surface area contributed by atoms with Crippen molar-refractivity contribution in [2.75, 3.05) is 15.8 Å². The molecule has 7 heteroatoms. The zero-order chi connectivity index (χ0) is 17.6. The third-order valence-electron chi connectivity index (χ3n) is 3.60. The highest BCUT2D eigenvalue weighted by atomic mass is 32.2. The van der Waals surface area contributed by atoms with E-state index in [2.05, 4.69) is 20.0 Å². The fourth-order valence-corrected chi connectivity index (χ4v) is 3.58. The zero-order valence-corrected chi connectivity index (χ0v) is 15.2. The standard InChI is InChI=1S/C17H24N4O2S/c1-4-6-9-24(22,23)21-16-11-15(8-7-14(16)5-2)20-17-10-13(3)18-12-19-17/h7-8,10-12,21H,4-6,9H2,1-3H3,(H,18,19,20). The van der Waals surface area contributed by atoms with Crippen LogP contribution in [-0.2, 0) is 16.4 Å². The number of aromatic nitrogens is 2. The SMILES string of the molecule is CCCCS(=O)(=O)Nc1cc(Nc2cc(C)ncn2)ccc1CC. The van der Waals surface area contributed by atoms with Crippen LogP contribution in [0.25, 0.3) is 0 Å². The maximum Gasteiger partial charge on any atom is 0.232 e. The average molecular weight is 348 g/mol. The Labute approximate surface area is 143 Å². The molecule has 0 fully saturated rings. The van der Waals surface area contributed by atoms with Crippen LogP contribution in [0.4, 0.5) is 17.2 Å². The number of hydrogen-bond acceptors (Lipinski definition) is 5. The molecule has 1 aromatic carbocycles. The number of nitrogens with one attached hydrogen (secondary N) is 2. The average Bonchev–Trinajstić information content (AvgIpc) is 2.53. The summed E-state index contributed by atoms with van der Waals surface area (Å²) in [7, 11) is -3.33. The molecular weight excluding hydrogens is 324 g/mol. The number of rotatable bonds is 8. The minimum Gasteiger partial charge on any atom is -0.340 e. The third kappa shape index (κ3) is 5.19. The second-order valence-corrected chi connectivity index (χ2v) is 7.51. The molecule has 0 aliphatic heterocycles. The fraction of sp³-hybridized carbons (Fsp3) is 0.412. The summed E-state index contributed by atoms with van der Waals surface area (Å²) < 4.78 is 27.1. The van der Waals surface area contributed by atoms with Gasteiger partial charge in [-0.05, 0) is 37.5 Å². The minimum absolute atomic E-state index is 0.134. The van der Waals surface area contributed by atoms with Crippen molar-refractivity contribution < 1.29 is 8.42 Å². The monoisotopic (exact) mass is 348 g/mol. The van der Waals surface area contributed by atoms with E-state index < -0.39 is 10.0 Å². The lowest BCUT2D eigenvalue weighted by Crippen LogP contribution is -2.17. The molecule has 0 saturated carbocycles. The van der Waals surface area contributed by atoms with Crippen LogP contribution >= 0.6 is 0 Å². The second kappa shape index (κ2) is 8.10. The van der Waals surface area contributed by atoms with Crippen LogP contribution in [0.1, 0.15) is 37.9 Å². The van der Waals surface area contributed by atoms with Gasteiger partial charge >= 0.3 is 0 Å². The van der Waals surface area contributed by atoms with Crippen molar-refractivity contribution in [1.82, 2.24) is 9.97 Å². The molecule has 0 spiro atoms. The van der Waals surface area contributed by atoms with Crippen molar-refractivity contribution in [2.24, 2.45) is 0 Å². The molecule has 1 heterocycles. The van der Waals surface area contributed by atoms with Crippen LogP contribution in [0.5, 0.6) is 0 Å². The van der Waals surface area contributed by atoms with Gasteiger partial charge in [0.15, 0.2) is 0 Å². The third-order valence-corrected chi connectivity index (χ3v) is 4.96.